The van der Waals surface area contributed by atoms with Crippen LogP contribution in [0.15, 0.2) is 36.4 Å². The first kappa shape index (κ1) is 22.1. The Hall–Kier alpha value is -2.62. The predicted molar refractivity (Wildman–Crippen MR) is 117 cm³/mol. The molecule has 0 N–H and O–H groups in total. The molecule has 7 nitrogen and oxygen atoms in total. The van der Waals surface area contributed by atoms with Gasteiger partial charge in [0.1, 0.15) is 11.4 Å². The topological polar surface area (TPSA) is 79.6 Å². The fourth-order valence-electron chi connectivity index (χ4n) is 3.05. The number of carbonyl (C=O) groups excluding carboxylic acids is 1. The van der Waals surface area contributed by atoms with E-state index < -0.39 is 16.6 Å². The molecule has 1 aromatic heterocycles. The van der Waals surface area contributed by atoms with Gasteiger partial charge < -0.3 is 4.90 Å². The number of fused-ring (bicyclic) bond motifs is 1. The van der Waals surface area contributed by atoms with E-state index in [-0.39, 0.29) is 22.8 Å². The summed E-state index contributed by atoms with van der Waals surface area (Å²) < 4.78 is 14.2. The lowest BCUT2D eigenvalue weighted by Crippen LogP contribution is -2.39. The van der Waals surface area contributed by atoms with Gasteiger partial charge >= 0.3 is 0 Å². The average molecular weight is 451 g/mol. The highest BCUT2D eigenvalue weighted by atomic mass is 35.5. The minimum absolute atomic E-state index is 0.113. The molecule has 0 aliphatic rings. The maximum atomic E-state index is 13.6. The van der Waals surface area contributed by atoms with E-state index in [1.54, 1.807) is 6.07 Å². The van der Waals surface area contributed by atoms with E-state index in [4.69, 9.17) is 11.6 Å². The van der Waals surface area contributed by atoms with E-state index >= 15 is 0 Å². The number of hydrogen-bond acceptors (Lipinski definition) is 6. The Kier molecular flexibility index (Phi) is 6.96. The lowest BCUT2D eigenvalue weighted by atomic mass is 10.1. The van der Waals surface area contributed by atoms with Crippen molar-refractivity contribution in [3.8, 4) is 0 Å². The van der Waals surface area contributed by atoms with Gasteiger partial charge in [-0.2, -0.15) is 0 Å². The number of thiazole rings is 1. The molecule has 1 heterocycles. The molecule has 1 amide bonds. The molecule has 3 rings (SSSR count). The van der Waals surface area contributed by atoms with Crippen LogP contribution >= 0.6 is 22.9 Å². The summed E-state index contributed by atoms with van der Waals surface area (Å²) in [7, 11) is 0. The maximum Gasteiger partial charge on any atom is 0.282 e. The summed E-state index contributed by atoms with van der Waals surface area (Å²) in [6, 6.07) is 8.07. The first-order valence-electron chi connectivity index (χ1n) is 9.38. The van der Waals surface area contributed by atoms with Gasteiger partial charge in [-0.1, -0.05) is 36.8 Å². The molecule has 2 aromatic carbocycles. The van der Waals surface area contributed by atoms with Crippen LogP contribution in [0.4, 0.5) is 15.2 Å². The Balaban J connectivity index is 2.05. The monoisotopic (exact) mass is 450 g/mol. The molecule has 10 heteroatoms. The van der Waals surface area contributed by atoms with Crippen LogP contribution in [-0.4, -0.2) is 46.9 Å². The van der Waals surface area contributed by atoms with Gasteiger partial charge in [0.2, 0.25) is 0 Å². The lowest BCUT2D eigenvalue weighted by molar-refractivity contribution is -0.385. The molecule has 0 fully saturated rings. The number of halogens is 2. The zero-order chi connectivity index (χ0) is 21.8. The molecule has 0 aliphatic carbocycles. The summed E-state index contributed by atoms with van der Waals surface area (Å²) in [5.41, 5.74) is 0.111. The zero-order valence-electron chi connectivity index (χ0n) is 16.5. The van der Waals surface area contributed by atoms with Crippen molar-refractivity contribution in [3.63, 3.8) is 0 Å². The minimum atomic E-state index is -0.611. The second kappa shape index (κ2) is 9.46. The third kappa shape index (κ3) is 4.75. The first-order chi connectivity index (χ1) is 14.3. The number of hydrogen-bond donors (Lipinski definition) is 0. The fraction of sp³-hybridized carbons (Fsp3) is 0.300. The van der Waals surface area contributed by atoms with Crippen LogP contribution in [0.1, 0.15) is 24.2 Å². The number of nitrogens with zero attached hydrogens (tertiary/aromatic N) is 4. The molecular formula is C20H20ClFN4O3S. The molecule has 0 radical (unpaired) electrons. The highest BCUT2D eigenvalue weighted by molar-refractivity contribution is 7.22. The Bertz CT molecular complexity index is 1090. The van der Waals surface area contributed by atoms with Gasteiger partial charge in [-0.05, 0) is 43.4 Å². The summed E-state index contributed by atoms with van der Waals surface area (Å²) >= 11 is 7.17. The van der Waals surface area contributed by atoms with E-state index in [1.807, 2.05) is 13.8 Å². The Morgan fingerprint density at radius 3 is 2.60 bits per heavy atom. The summed E-state index contributed by atoms with van der Waals surface area (Å²) in [5.74, 6) is -0.972. The summed E-state index contributed by atoms with van der Waals surface area (Å²) in [4.78, 5) is 32.2. The number of likely N-dealkylation sites (N-methyl/N-ethyl adjacent to an activating group) is 1. The van der Waals surface area contributed by atoms with Crippen molar-refractivity contribution in [2.75, 3.05) is 31.1 Å². The van der Waals surface area contributed by atoms with Crippen molar-refractivity contribution >= 4 is 49.9 Å². The molecule has 30 heavy (non-hydrogen) atoms. The maximum absolute atomic E-state index is 13.6. The van der Waals surface area contributed by atoms with Crippen LogP contribution in [0.3, 0.4) is 0 Å². The molecule has 0 bridgehead atoms. The number of rotatable bonds is 8. The van der Waals surface area contributed by atoms with Crippen LogP contribution in [0.2, 0.25) is 5.02 Å². The fourth-order valence-corrected chi connectivity index (χ4v) is 4.24. The molecule has 3 aromatic rings. The quantitative estimate of drug-likeness (QED) is 0.357. The first-order valence-corrected chi connectivity index (χ1v) is 10.6. The molecule has 0 saturated heterocycles. The summed E-state index contributed by atoms with van der Waals surface area (Å²) in [6.45, 7) is 6.43. The van der Waals surface area contributed by atoms with Crippen LogP contribution < -0.4 is 4.90 Å². The lowest BCUT2D eigenvalue weighted by Gasteiger charge is -2.24. The molecule has 0 unspecified atom stereocenters. The molecule has 0 atom stereocenters. The van der Waals surface area contributed by atoms with Gasteiger partial charge in [-0.3, -0.25) is 19.8 Å². The molecule has 0 aliphatic heterocycles. The number of amides is 1. The van der Waals surface area contributed by atoms with Gasteiger partial charge in [-0.25, -0.2) is 9.37 Å². The van der Waals surface area contributed by atoms with Crippen LogP contribution in [0.25, 0.3) is 10.2 Å². The standard InChI is InChI=1S/C20H20ClFN4O3S/c1-3-24(4-2)9-10-25(20-23-16-7-6-14(22)12-18(16)30-20)19(27)15-11-13(21)5-8-17(15)26(28)29/h5-8,11-12H,3-4,9-10H2,1-2H3. The van der Waals surface area contributed by atoms with Gasteiger partial charge in [0.15, 0.2) is 5.13 Å². The average Bonchev–Trinajstić information content (AvgIpc) is 3.13. The van der Waals surface area contributed by atoms with Crippen LogP contribution in [-0.2, 0) is 0 Å². The van der Waals surface area contributed by atoms with Crippen molar-refractivity contribution in [2.24, 2.45) is 0 Å². The van der Waals surface area contributed by atoms with Gasteiger partial charge in [-0.15, -0.1) is 0 Å². The van der Waals surface area contributed by atoms with Gasteiger partial charge in [0, 0.05) is 24.2 Å². The van der Waals surface area contributed by atoms with Crippen LogP contribution in [0, 0.1) is 15.9 Å². The second-order valence-electron chi connectivity index (χ2n) is 6.51. The molecule has 0 spiro atoms. The van der Waals surface area contributed by atoms with E-state index in [2.05, 4.69) is 9.88 Å². The SMILES string of the molecule is CCN(CC)CCN(C(=O)c1cc(Cl)ccc1[N+](=O)[O-])c1nc2ccc(F)cc2s1. The second-order valence-corrected chi connectivity index (χ2v) is 7.96. The van der Waals surface area contributed by atoms with E-state index in [9.17, 15) is 19.3 Å². The van der Waals surface area contributed by atoms with Crippen molar-refractivity contribution in [2.45, 2.75) is 13.8 Å². The largest absolute Gasteiger partial charge is 0.302 e. The smallest absolute Gasteiger partial charge is 0.282 e. The van der Waals surface area contributed by atoms with Crippen molar-refractivity contribution in [1.29, 1.82) is 0 Å². The Labute approximate surface area is 181 Å². The van der Waals surface area contributed by atoms with Gasteiger partial charge in [0.05, 0.1) is 15.1 Å². The minimum Gasteiger partial charge on any atom is -0.302 e. The number of benzene rings is 2. The van der Waals surface area contributed by atoms with Crippen molar-refractivity contribution in [3.05, 3.63) is 62.9 Å². The highest BCUT2D eigenvalue weighted by Gasteiger charge is 2.28. The third-order valence-corrected chi connectivity index (χ3v) is 6.01. The predicted octanol–water partition coefficient (Wildman–Crippen LogP) is 4.99. The summed E-state index contributed by atoms with van der Waals surface area (Å²) in [5, 5.41) is 12.0. The molecule has 0 saturated carbocycles. The summed E-state index contributed by atoms with van der Waals surface area (Å²) in [6.07, 6.45) is 0. The van der Waals surface area contributed by atoms with E-state index in [1.165, 1.54) is 35.2 Å². The zero-order valence-corrected chi connectivity index (χ0v) is 18.0. The number of nitro groups is 1. The number of aromatic nitrogens is 1. The van der Waals surface area contributed by atoms with E-state index in [0.717, 1.165) is 24.4 Å². The van der Waals surface area contributed by atoms with Crippen molar-refractivity contribution in [1.82, 2.24) is 9.88 Å². The normalized spacial score (nSPS) is 11.2. The van der Waals surface area contributed by atoms with Crippen LogP contribution in [0.5, 0.6) is 0 Å². The highest BCUT2D eigenvalue weighted by Crippen LogP contribution is 2.32. The number of carbonyl (C=O) groups is 1. The van der Waals surface area contributed by atoms with E-state index in [0.29, 0.717) is 21.9 Å². The Morgan fingerprint density at radius 2 is 1.93 bits per heavy atom. The third-order valence-electron chi connectivity index (χ3n) is 4.74. The molecule has 158 valence electrons. The van der Waals surface area contributed by atoms with Gasteiger partial charge in [0.25, 0.3) is 11.6 Å². The molecular weight excluding hydrogens is 431 g/mol. The van der Waals surface area contributed by atoms with Crippen molar-refractivity contribution < 1.29 is 14.1 Å². The number of nitro benzene ring substituents is 1. The number of anilines is 1. The Morgan fingerprint density at radius 1 is 1.20 bits per heavy atom.